The van der Waals surface area contributed by atoms with E-state index in [9.17, 15) is 0 Å². The Balaban J connectivity index is 1.78. The van der Waals surface area contributed by atoms with E-state index in [1.54, 1.807) is 6.07 Å². The zero-order valence-corrected chi connectivity index (χ0v) is 12.8. The molecule has 4 heteroatoms. The minimum atomic E-state index is 0.230. The van der Waals surface area contributed by atoms with Crippen LogP contribution in [0.15, 0.2) is 18.2 Å². The van der Waals surface area contributed by atoms with Gasteiger partial charge in [0.15, 0.2) is 0 Å². The van der Waals surface area contributed by atoms with Gasteiger partial charge >= 0.3 is 0 Å². The molecule has 0 radical (unpaired) electrons. The maximum absolute atomic E-state index is 6.20. The van der Waals surface area contributed by atoms with Crippen LogP contribution in [-0.2, 0) is 4.74 Å². The van der Waals surface area contributed by atoms with Crippen molar-refractivity contribution in [2.24, 2.45) is 0 Å². The van der Waals surface area contributed by atoms with Crippen LogP contribution in [-0.4, -0.2) is 19.3 Å². The van der Waals surface area contributed by atoms with Gasteiger partial charge in [-0.1, -0.05) is 29.3 Å². The molecular formula is C15H21Cl2NO. The largest absolute Gasteiger partial charge is 0.378 e. The maximum Gasteiger partial charge on any atom is 0.0587 e. The molecule has 0 aromatic heterocycles. The van der Waals surface area contributed by atoms with Crippen LogP contribution >= 0.6 is 23.2 Å². The van der Waals surface area contributed by atoms with Crippen LogP contribution in [0.5, 0.6) is 0 Å². The van der Waals surface area contributed by atoms with E-state index < -0.39 is 0 Å². The lowest BCUT2D eigenvalue weighted by Gasteiger charge is -2.23. The van der Waals surface area contributed by atoms with Gasteiger partial charge in [-0.3, -0.25) is 0 Å². The van der Waals surface area contributed by atoms with Crippen molar-refractivity contribution in [1.29, 1.82) is 0 Å². The molecule has 2 atom stereocenters. The first-order chi connectivity index (χ1) is 9.16. The lowest BCUT2D eigenvalue weighted by molar-refractivity contribution is 0.0112. The quantitative estimate of drug-likeness (QED) is 0.858. The normalized spacial score (nSPS) is 21.3. The molecule has 1 fully saturated rings. The number of nitrogens with one attached hydrogen (secondary N) is 1. The first-order valence-corrected chi connectivity index (χ1v) is 7.72. The van der Waals surface area contributed by atoms with Crippen molar-refractivity contribution >= 4 is 23.2 Å². The minimum Gasteiger partial charge on any atom is -0.378 e. The van der Waals surface area contributed by atoms with E-state index >= 15 is 0 Å². The molecule has 1 aliphatic rings. The van der Waals surface area contributed by atoms with Crippen LogP contribution in [0, 0.1) is 0 Å². The Kier molecular flexibility index (Phi) is 5.96. The number of ether oxygens (including phenoxy) is 1. The standard InChI is InChI=1S/C15H21Cl2NO/c1-11(14-6-5-12(16)10-15(14)17)18-8-7-13-4-2-3-9-19-13/h5-6,10-11,13,18H,2-4,7-9H2,1H3. The number of rotatable bonds is 5. The van der Waals surface area contributed by atoms with Crippen molar-refractivity contribution in [3.63, 3.8) is 0 Å². The van der Waals surface area contributed by atoms with Gasteiger partial charge in [0.1, 0.15) is 0 Å². The zero-order valence-electron chi connectivity index (χ0n) is 11.3. The molecule has 1 N–H and O–H groups in total. The summed E-state index contributed by atoms with van der Waals surface area (Å²) >= 11 is 12.1. The Labute approximate surface area is 125 Å². The second-order valence-electron chi connectivity index (χ2n) is 5.12. The van der Waals surface area contributed by atoms with Crippen molar-refractivity contribution in [3.8, 4) is 0 Å². The highest BCUT2D eigenvalue weighted by atomic mass is 35.5. The van der Waals surface area contributed by atoms with Gasteiger partial charge in [-0.05, 0) is 56.8 Å². The lowest BCUT2D eigenvalue weighted by atomic mass is 10.1. The van der Waals surface area contributed by atoms with Gasteiger partial charge in [0, 0.05) is 22.7 Å². The average Bonchev–Trinajstić information content (AvgIpc) is 2.39. The molecule has 1 aromatic carbocycles. The summed E-state index contributed by atoms with van der Waals surface area (Å²) in [6.45, 7) is 3.99. The molecule has 1 saturated heterocycles. The predicted octanol–water partition coefficient (Wildman–Crippen LogP) is 4.60. The van der Waals surface area contributed by atoms with E-state index in [0.717, 1.165) is 30.2 Å². The molecule has 1 aliphatic heterocycles. The van der Waals surface area contributed by atoms with E-state index in [2.05, 4.69) is 12.2 Å². The van der Waals surface area contributed by atoms with Gasteiger partial charge in [0.2, 0.25) is 0 Å². The molecule has 19 heavy (non-hydrogen) atoms. The zero-order chi connectivity index (χ0) is 13.7. The number of halogens is 2. The summed E-state index contributed by atoms with van der Waals surface area (Å²) in [6.07, 6.45) is 5.19. The molecule has 0 bridgehead atoms. The fraction of sp³-hybridized carbons (Fsp3) is 0.600. The Morgan fingerprint density at radius 1 is 1.37 bits per heavy atom. The van der Waals surface area contributed by atoms with Gasteiger partial charge in [0.05, 0.1) is 6.10 Å². The minimum absolute atomic E-state index is 0.230. The van der Waals surface area contributed by atoms with E-state index in [-0.39, 0.29) is 6.04 Å². The Hall–Kier alpha value is -0.280. The van der Waals surface area contributed by atoms with Crippen molar-refractivity contribution < 1.29 is 4.74 Å². The summed E-state index contributed by atoms with van der Waals surface area (Å²) in [6, 6.07) is 5.89. The number of hydrogen-bond donors (Lipinski definition) is 1. The number of hydrogen-bond acceptors (Lipinski definition) is 2. The highest BCUT2D eigenvalue weighted by molar-refractivity contribution is 6.35. The highest BCUT2D eigenvalue weighted by Crippen LogP contribution is 2.26. The molecule has 1 aromatic rings. The van der Waals surface area contributed by atoms with Crippen LogP contribution in [0.1, 0.15) is 44.2 Å². The molecule has 2 nitrogen and oxygen atoms in total. The second kappa shape index (κ2) is 7.49. The van der Waals surface area contributed by atoms with Crippen LogP contribution in [0.4, 0.5) is 0 Å². The van der Waals surface area contributed by atoms with Gasteiger partial charge in [-0.15, -0.1) is 0 Å². The Morgan fingerprint density at radius 2 is 2.21 bits per heavy atom. The maximum atomic E-state index is 6.20. The van der Waals surface area contributed by atoms with Gasteiger partial charge < -0.3 is 10.1 Å². The molecular weight excluding hydrogens is 281 g/mol. The predicted molar refractivity (Wildman–Crippen MR) is 81.1 cm³/mol. The molecule has 0 spiro atoms. The van der Waals surface area contributed by atoms with Crippen LogP contribution in [0.25, 0.3) is 0 Å². The Bertz CT molecular complexity index is 405. The van der Waals surface area contributed by atoms with E-state index in [1.165, 1.54) is 19.3 Å². The van der Waals surface area contributed by atoms with E-state index in [4.69, 9.17) is 27.9 Å². The molecule has 1 heterocycles. The smallest absolute Gasteiger partial charge is 0.0587 e. The molecule has 0 aliphatic carbocycles. The summed E-state index contributed by atoms with van der Waals surface area (Å²) in [5.74, 6) is 0. The topological polar surface area (TPSA) is 21.3 Å². The summed E-state index contributed by atoms with van der Waals surface area (Å²) in [5.41, 5.74) is 1.09. The van der Waals surface area contributed by atoms with Crippen molar-refractivity contribution in [1.82, 2.24) is 5.32 Å². The summed E-state index contributed by atoms with van der Waals surface area (Å²) in [7, 11) is 0. The monoisotopic (exact) mass is 301 g/mol. The third kappa shape index (κ3) is 4.64. The molecule has 106 valence electrons. The SMILES string of the molecule is CC(NCCC1CCCCO1)c1ccc(Cl)cc1Cl. The Morgan fingerprint density at radius 3 is 2.89 bits per heavy atom. The second-order valence-corrected chi connectivity index (χ2v) is 5.96. The van der Waals surface area contributed by atoms with Crippen LogP contribution < -0.4 is 5.32 Å². The van der Waals surface area contributed by atoms with Crippen LogP contribution in [0.2, 0.25) is 10.0 Å². The molecule has 0 saturated carbocycles. The number of benzene rings is 1. The average molecular weight is 302 g/mol. The summed E-state index contributed by atoms with van der Waals surface area (Å²) in [5, 5.41) is 4.90. The van der Waals surface area contributed by atoms with Gasteiger partial charge in [-0.25, -0.2) is 0 Å². The van der Waals surface area contributed by atoms with Crippen molar-refractivity contribution in [3.05, 3.63) is 33.8 Å². The summed E-state index contributed by atoms with van der Waals surface area (Å²) < 4.78 is 5.72. The van der Waals surface area contributed by atoms with E-state index in [1.807, 2.05) is 12.1 Å². The van der Waals surface area contributed by atoms with E-state index in [0.29, 0.717) is 11.1 Å². The third-order valence-corrected chi connectivity index (χ3v) is 4.18. The fourth-order valence-electron chi connectivity index (χ4n) is 2.46. The third-order valence-electron chi connectivity index (χ3n) is 3.62. The van der Waals surface area contributed by atoms with Crippen LogP contribution in [0.3, 0.4) is 0 Å². The molecule has 2 unspecified atom stereocenters. The fourth-order valence-corrected chi connectivity index (χ4v) is 3.03. The van der Waals surface area contributed by atoms with Gasteiger partial charge in [0.25, 0.3) is 0 Å². The molecule has 0 amide bonds. The first kappa shape index (κ1) is 15.1. The molecule has 2 rings (SSSR count). The van der Waals surface area contributed by atoms with Crippen molar-refractivity contribution in [2.75, 3.05) is 13.2 Å². The summed E-state index contributed by atoms with van der Waals surface area (Å²) in [4.78, 5) is 0. The highest BCUT2D eigenvalue weighted by Gasteiger charge is 2.14. The van der Waals surface area contributed by atoms with Crippen molar-refractivity contribution in [2.45, 2.75) is 44.8 Å². The van der Waals surface area contributed by atoms with Gasteiger partial charge in [-0.2, -0.15) is 0 Å². The first-order valence-electron chi connectivity index (χ1n) is 6.97. The lowest BCUT2D eigenvalue weighted by Crippen LogP contribution is -2.27.